The van der Waals surface area contributed by atoms with Crippen LogP contribution >= 0.6 is 0 Å². The van der Waals surface area contributed by atoms with E-state index < -0.39 is 0 Å². The van der Waals surface area contributed by atoms with Crippen molar-refractivity contribution < 1.29 is 14.3 Å². The van der Waals surface area contributed by atoms with Gasteiger partial charge in [0.25, 0.3) is 0 Å². The van der Waals surface area contributed by atoms with Crippen LogP contribution < -0.4 is 15.0 Å². The molecule has 34 heavy (non-hydrogen) atoms. The summed E-state index contributed by atoms with van der Waals surface area (Å²) in [5, 5.41) is 2.87. The van der Waals surface area contributed by atoms with E-state index in [1.165, 1.54) is 0 Å². The van der Waals surface area contributed by atoms with Crippen molar-refractivity contribution in [3.8, 4) is 17.1 Å². The van der Waals surface area contributed by atoms with Gasteiger partial charge in [-0.05, 0) is 30.5 Å². The first-order valence-electron chi connectivity index (χ1n) is 11.8. The summed E-state index contributed by atoms with van der Waals surface area (Å²) in [5.41, 5.74) is 4.65. The fourth-order valence-electron chi connectivity index (χ4n) is 4.70. The van der Waals surface area contributed by atoms with Gasteiger partial charge in [0.2, 0.25) is 17.7 Å². The number of fused-ring (bicyclic) bond motifs is 1. The van der Waals surface area contributed by atoms with Crippen molar-refractivity contribution in [1.82, 2.24) is 24.8 Å². The molecule has 2 aliphatic heterocycles. The number of nitrogens with one attached hydrogen (secondary N) is 1. The van der Waals surface area contributed by atoms with E-state index in [0.29, 0.717) is 31.4 Å². The molecule has 1 atom stereocenters. The number of hydrogen-bond acceptors (Lipinski definition) is 6. The molecular weight excluding hydrogens is 432 g/mol. The number of benzene rings is 1. The summed E-state index contributed by atoms with van der Waals surface area (Å²) in [6.07, 6.45) is 3.13. The topological polar surface area (TPSA) is 92.6 Å². The SMILES string of the molecule is CC(=O)N1CCN(c2ccc(-c3cc4ncn(C)c4c(OCC[C@H]4CNC(=O)C4)n3)cc2)CC1. The number of hydrogen-bond donors (Lipinski definition) is 1. The van der Waals surface area contributed by atoms with Gasteiger partial charge in [0.05, 0.1) is 24.1 Å². The summed E-state index contributed by atoms with van der Waals surface area (Å²) in [4.78, 5) is 36.6. The summed E-state index contributed by atoms with van der Waals surface area (Å²) in [6.45, 7) is 6.01. The van der Waals surface area contributed by atoms with E-state index in [1.54, 1.807) is 13.3 Å². The molecule has 0 radical (unpaired) electrons. The Kier molecular flexibility index (Phi) is 6.08. The van der Waals surface area contributed by atoms with Crippen LogP contribution in [0.3, 0.4) is 0 Å². The summed E-state index contributed by atoms with van der Waals surface area (Å²) in [5.74, 6) is 1.12. The lowest BCUT2D eigenvalue weighted by Crippen LogP contribution is -2.48. The first kappa shape index (κ1) is 22.2. The summed E-state index contributed by atoms with van der Waals surface area (Å²) >= 11 is 0. The maximum absolute atomic E-state index is 11.6. The van der Waals surface area contributed by atoms with Crippen LogP contribution in [-0.2, 0) is 16.6 Å². The molecule has 9 nitrogen and oxygen atoms in total. The number of aromatic nitrogens is 3. The second kappa shape index (κ2) is 9.32. The zero-order valence-corrected chi connectivity index (χ0v) is 19.7. The average Bonchev–Trinajstić information content (AvgIpc) is 3.44. The van der Waals surface area contributed by atoms with Crippen molar-refractivity contribution in [3.63, 3.8) is 0 Å². The molecule has 0 unspecified atom stereocenters. The molecule has 4 heterocycles. The molecule has 0 aliphatic carbocycles. The van der Waals surface area contributed by atoms with Crippen molar-refractivity contribution in [3.05, 3.63) is 36.7 Å². The van der Waals surface area contributed by atoms with Gasteiger partial charge in [0, 0.05) is 64.4 Å². The summed E-state index contributed by atoms with van der Waals surface area (Å²) < 4.78 is 8.04. The van der Waals surface area contributed by atoms with Gasteiger partial charge in [-0.2, -0.15) is 0 Å². The Hall–Kier alpha value is -3.62. The minimum Gasteiger partial charge on any atom is -0.476 e. The predicted molar refractivity (Wildman–Crippen MR) is 130 cm³/mol. The lowest BCUT2D eigenvalue weighted by Gasteiger charge is -2.35. The normalized spacial score (nSPS) is 18.4. The molecule has 2 fully saturated rings. The number of carbonyl (C=O) groups excluding carboxylic acids is 2. The van der Waals surface area contributed by atoms with E-state index in [9.17, 15) is 9.59 Å². The number of nitrogens with zero attached hydrogens (tertiary/aromatic N) is 5. The largest absolute Gasteiger partial charge is 0.476 e. The monoisotopic (exact) mass is 462 g/mol. The third-order valence-electron chi connectivity index (χ3n) is 6.74. The summed E-state index contributed by atoms with van der Waals surface area (Å²) in [6, 6.07) is 10.3. The smallest absolute Gasteiger partial charge is 0.240 e. The van der Waals surface area contributed by atoms with Crippen LogP contribution in [0.4, 0.5) is 5.69 Å². The van der Waals surface area contributed by atoms with Crippen LogP contribution in [0.1, 0.15) is 19.8 Å². The molecule has 0 spiro atoms. The van der Waals surface area contributed by atoms with Crippen LogP contribution in [0.25, 0.3) is 22.3 Å². The molecule has 2 aliphatic rings. The number of piperazine rings is 1. The van der Waals surface area contributed by atoms with E-state index in [1.807, 2.05) is 22.6 Å². The third-order valence-corrected chi connectivity index (χ3v) is 6.74. The van der Waals surface area contributed by atoms with E-state index >= 15 is 0 Å². The van der Waals surface area contributed by atoms with Crippen LogP contribution in [0.15, 0.2) is 36.7 Å². The number of carbonyl (C=O) groups is 2. The molecule has 2 amide bonds. The minimum absolute atomic E-state index is 0.114. The first-order valence-corrected chi connectivity index (χ1v) is 11.8. The third kappa shape index (κ3) is 4.55. The van der Waals surface area contributed by atoms with Gasteiger partial charge in [0.1, 0.15) is 5.52 Å². The molecule has 2 saturated heterocycles. The maximum Gasteiger partial charge on any atom is 0.240 e. The molecular formula is C25H30N6O3. The molecule has 2 aromatic heterocycles. The molecule has 3 aromatic rings. The predicted octanol–water partition coefficient (Wildman–Crippen LogP) is 2.21. The number of amides is 2. The van der Waals surface area contributed by atoms with Gasteiger partial charge in [-0.15, -0.1) is 0 Å². The van der Waals surface area contributed by atoms with Gasteiger partial charge in [-0.1, -0.05) is 12.1 Å². The standard InChI is InChI=1S/C25H30N6O3/c1-17(32)30-8-10-31(11-9-30)20-5-3-19(4-6-20)21-14-22-24(29(2)16-27-22)25(28-21)34-12-7-18-13-23(33)26-15-18/h3-6,14,16,18H,7-13,15H2,1-2H3,(H,26,33)/t18-/m1/s1. The second-order valence-electron chi connectivity index (χ2n) is 9.09. The Balaban J connectivity index is 1.32. The zero-order chi connectivity index (χ0) is 23.7. The van der Waals surface area contributed by atoms with Crippen molar-refractivity contribution in [2.24, 2.45) is 13.0 Å². The summed E-state index contributed by atoms with van der Waals surface area (Å²) in [7, 11) is 1.93. The number of pyridine rings is 1. The van der Waals surface area contributed by atoms with Crippen molar-refractivity contribution in [2.45, 2.75) is 19.8 Å². The number of imidazole rings is 1. The van der Waals surface area contributed by atoms with Gasteiger partial charge < -0.3 is 24.4 Å². The first-order chi connectivity index (χ1) is 16.5. The highest BCUT2D eigenvalue weighted by Crippen LogP contribution is 2.30. The van der Waals surface area contributed by atoms with Crippen LogP contribution in [0.5, 0.6) is 5.88 Å². The van der Waals surface area contributed by atoms with E-state index in [2.05, 4.69) is 39.5 Å². The Bertz CT molecular complexity index is 1200. The molecule has 1 aromatic carbocycles. The maximum atomic E-state index is 11.6. The number of rotatable bonds is 6. The lowest BCUT2D eigenvalue weighted by atomic mass is 10.1. The fraction of sp³-hybridized carbons (Fsp3) is 0.440. The van der Waals surface area contributed by atoms with Crippen molar-refractivity contribution >= 4 is 28.5 Å². The molecule has 5 rings (SSSR count). The molecule has 0 bridgehead atoms. The zero-order valence-electron chi connectivity index (χ0n) is 19.7. The van der Waals surface area contributed by atoms with Gasteiger partial charge in [0.15, 0.2) is 0 Å². The number of anilines is 1. The number of aryl methyl sites for hydroxylation is 1. The van der Waals surface area contributed by atoms with E-state index in [4.69, 9.17) is 9.72 Å². The van der Waals surface area contributed by atoms with Gasteiger partial charge in [-0.3, -0.25) is 9.59 Å². The second-order valence-corrected chi connectivity index (χ2v) is 9.09. The Morgan fingerprint density at radius 1 is 1.18 bits per heavy atom. The molecule has 0 saturated carbocycles. The van der Waals surface area contributed by atoms with Crippen LogP contribution in [0, 0.1) is 5.92 Å². The van der Waals surface area contributed by atoms with E-state index in [-0.39, 0.29) is 11.8 Å². The highest BCUT2D eigenvalue weighted by atomic mass is 16.5. The Labute approximate surface area is 198 Å². The quantitative estimate of drug-likeness (QED) is 0.604. The highest BCUT2D eigenvalue weighted by Gasteiger charge is 2.22. The fourth-order valence-corrected chi connectivity index (χ4v) is 4.70. The minimum atomic E-state index is 0.114. The Morgan fingerprint density at radius 2 is 1.94 bits per heavy atom. The highest BCUT2D eigenvalue weighted by molar-refractivity contribution is 5.84. The molecule has 1 N–H and O–H groups in total. The average molecular weight is 463 g/mol. The van der Waals surface area contributed by atoms with Crippen molar-refractivity contribution in [2.75, 3.05) is 44.2 Å². The molecule has 178 valence electrons. The Morgan fingerprint density at radius 3 is 2.62 bits per heavy atom. The van der Waals surface area contributed by atoms with Gasteiger partial charge in [-0.25, -0.2) is 9.97 Å². The molecule has 9 heteroatoms. The van der Waals surface area contributed by atoms with E-state index in [0.717, 1.165) is 60.6 Å². The van der Waals surface area contributed by atoms with Crippen molar-refractivity contribution in [1.29, 1.82) is 0 Å². The van der Waals surface area contributed by atoms with Gasteiger partial charge >= 0.3 is 0 Å². The lowest BCUT2D eigenvalue weighted by molar-refractivity contribution is -0.129. The van der Waals surface area contributed by atoms with Crippen LogP contribution in [-0.4, -0.2) is 70.6 Å². The van der Waals surface area contributed by atoms with Crippen LogP contribution in [0.2, 0.25) is 0 Å². The number of ether oxygens (including phenoxy) is 1.